The van der Waals surface area contributed by atoms with Crippen molar-refractivity contribution < 1.29 is 18.8 Å². The predicted molar refractivity (Wildman–Crippen MR) is 115 cm³/mol. The van der Waals surface area contributed by atoms with Crippen LogP contribution in [0, 0.1) is 13.8 Å². The number of ether oxygens (including phenoxy) is 2. The third kappa shape index (κ3) is 4.92. The lowest BCUT2D eigenvalue weighted by Crippen LogP contribution is -2.20. The number of rotatable bonds is 7. The van der Waals surface area contributed by atoms with E-state index in [0.29, 0.717) is 34.3 Å². The predicted octanol–water partition coefficient (Wildman–Crippen LogP) is 3.50. The molecule has 0 aliphatic rings. The maximum absolute atomic E-state index is 12.2. The van der Waals surface area contributed by atoms with Gasteiger partial charge in [-0.1, -0.05) is 24.3 Å². The second-order valence-corrected chi connectivity index (χ2v) is 7.00. The number of benzene rings is 2. The molecule has 4 aromatic rings. The Morgan fingerprint density at radius 3 is 2.68 bits per heavy atom. The topological polar surface area (TPSA) is 95.1 Å². The maximum atomic E-state index is 12.2. The summed E-state index contributed by atoms with van der Waals surface area (Å²) in [6.45, 7) is 3.64. The van der Waals surface area contributed by atoms with Gasteiger partial charge in [0.2, 0.25) is 0 Å². The van der Waals surface area contributed by atoms with Gasteiger partial charge in [0.15, 0.2) is 12.3 Å². The van der Waals surface area contributed by atoms with Crippen LogP contribution >= 0.6 is 0 Å². The molecule has 8 nitrogen and oxygen atoms in total. The molecule has 0 aliphatic carbocycles. The molecule has 2 heterocycles. The van der Waals surface area contributed by atoms with Crippen molar-refractivity contribution in [2.24, 2.45) is 0 Å². The Morgan fingerprint density at radius 1 is 1.06 bits per heavy atom. The van der Waals surface area contributed by atoms with Crippen molar-refractivity contribution in [1.82, 2.24) is 9.56 Å². The fraction of sp³-hybridized carbons (Fsp3) is 0.174. The van der Waals surface area contributed by atoms with Crippen LogP contribution < -0.4 is 20.3 Å². The van der Waals surface area contributed by atoms with E-state index in [9.17, 15) is 9.59 Å². The molecule has 0 aliphatic heterocycles. The monoisotopic (exact) mass is 419 g/mol. The van der Waals surface area contributed by atoms with Gasteiger partial charge in [0.25, 0.3) is 11.5 Å². The van der Waals surface area contributed by atoms with E-state index in [0.717, 1.165) is 10.1 Å². The van der Waals surface area contributed by atoms with Gasteiger partial charge in [-0.2, -0.15) is 0 Å². The van der Waals surface area contributed by atoms with Crippen LogP contribution in [0.3, 0.4) is 0 Å². The quantitative estimate of drug-likeness (QED) is 0.493. The van der Waals surface area contributed by atoms with Gasteiger partial charge in [-0.15, -0.1) is 4.57 Å². The van der Waals surface area contributed by atoms with E-state index in [-0.39, 0.29) is 24.7 Å². The van der Waals surface area contributed by atoms with E-state index in [1.807, 2.05) is 31.2 Å². The summed E-state index contributed by atoms with van der Waals surface area (Å²) in [6.07, 6.45) is 0. The molecular weight excluding hydrogens is 398 g/mol. The zero-order valence-electron chi connectivity index (χ0n) is 17.1. The van der Waals surface area contributed by atoms with Crippen molar-refractivity contribution >= 4 is 17.2 Å². The fourth-order valence-electron chi connectivity index (χ4n) is 3.00. The first kappa shape index (κ1) is 20.2. The van der Waals surface area contributed by atoms with E-state index in [1.165, 1.54) is 6.07 Å². The molecule has 0 unspecified atom stereocenters. The van der Waals surface area contributed by atoms with Crippen LogP contribution in [-0.4, -0.2) is 22.1 Å². The number of para-hydroxylation sites is 1. The minimum Gasteiger partial charge on any atom is -0.487 e. The average molecular weight is 419 g/mol. The molecule has 1 amide bonds. The Hall–Kier alpha value is -4.07. The Balaban J connectivity index is 1.40. The molecule has 0 saturated carbocycles. The summed E-state index contributed by atoms with van der Waals surface area (Å²) < 4.78 is 17.7. The van der Waals surface area contributed by atoms with Crippen molar-refractivity contribution in [2.75, 3.05) is 11.9 Å². The molecule has 0 radical (unpaired) electrons. The van der Waals surface area contributed by atoms with Crippen molar-refractivity contribution in [3.8, 4) is 11.5 Å². The van der Waals surface area contributed by atoms with Crippen LogP contribution in [0.15, 0.2) is 70.0 Å². The van der Waals surface area contributed by atoms with Crippen LogP contribution in [0.2, 0.25) is 0 Å². The third-order valence-corrected chi connectivity index (χ3v) is 4.48. The summed E-state index contributed by atoms with van der Waals surface area (Å²) in [4.78, 5) is 28.7. The van der Waals surface area contributed by atoms with Gasteiger partial charge in [-0.05, 0) is 37.6 Å². The molecule has 4 rings (SSSR count). The lowest BCUT2D eigenvalue weighted by Gasteiger charge is -2.12. The number of carbonyl (C=O) groups excluding carboxylic acids is 1. The zero-order chi connectivity index (χ0) is 21.8. The van der Waals surface area contributed by atoms with Gasteiger partial charge in [0.05, 0.1) is 5.69 Å². The number of fused-ring (bicyclic) bond motifs is 1. The normalized spacial score (nSPS) is 10.8. The summed E-state index contributed by atoms with van der Waals surface area (Å²) in [6, 6.07) is 17.5. The van der Waals surface area contributed by atoms with Crippen LogP contribution in [0.5, 0.6) is 11.5 Å². The third-order valence-electron chi connectivity index (χ3n) is 4.48. The smallest absolute Gasteiger partial charge is 0.287 e. The molecule has 0 bridgehead atoms. The zero-order valence-corrected chi connectivity index (χ0v) is 17.1. The standard InChI is InChI=1S/C23H21N3O5/c1-15-8-9-17(25-22(27)14-29-19-6-4-3-5-7-19)11-20(15)30-13-18-12-23(28)26-21(24-18)10-16(2)31-26/h3-12H,13-14H2,1-2H3,(H,25,27). The van der Waals surface area contributed by atoms with Crippen LogP contribution in [0.1, 0.15) is 17.0 Å². The minimum atomic E-state index is -0.312. The molecule has 1 N–H and O–H groups in total. The number of aromatic nitrogens is 2. The Bertz CT molecular complexity index is 1280. The number of hydrogen-bond donors (Lipinski definition) is 1. The number of carbonyl (C=O) groups is 1. The lowest BCUT2D eigenvalue weighted by atomic mass is 10.2. The molecule has 0 fully saturated rings. The van der Waals surface area contributed by atoms with Crippen molar-refractivity contribution in [1.29, 1.82) is 0 Å². The van der Waals surface area contributed by atoms with Gasteiger partial charge in [0, 0.05) is 23.9 Å². The highest BCUT2D eigenvalue weighted by Crippen LogP contribution is 2.23. The van der Waals surface area contributed by atoms with Crippen LogP contribution in [0.4, 0.5) is 5.69 Å². The van der Waals surface area contributed by atoms with E-state index in [4.69, 9.17) is 14.0 Å². The average Bonchev–Trinajstić information content (AvgIpc) is 3.14. The summed E-state index contributed by atoms with van der Waals surface area (Å²) in [5.74, 6) is 1.51. The van der Waals surface area contributed by atoms with E-state index in [2.05, 4.69) is 10.3 Å². The highest BCUT2D eigenvalue weighted by Gasteiger charge is 2.10. The number of hydrogen-bond acceptors (Lipinski definition) is 6. The molecule has 31 heavy (non-hydrogen) atoms. The van der Waals surface area contributed by atoms with E-state index < -0.39 is 0 Å². The first-order valence-electron chi connectivity index (χ1n) is 9.69. The molecule has 0 saturated heterocycles. The number of anilines is 1. The molecular formula is C23H21N3O5. The Kier molecular flexibility index (Phi) is 5.70. The number of nitrogens with one attached hydrogen (secondary N) is 1. The van der Waals surface area contributed by atoms with Crippen LogP contribution in [0.25, 0.3) is 5.65 Å². The minimum absolute atomic E-state index is 0.103. The number of nitrogens with zero attached hydrogens (tertiary/aromatic N) is 2. The second kappa shape index (κ2) is 8.74. The first-order chi connectivity index (χ1) is 15.0. The molecule has 2 aromatic carbocycles. The van der Waals surface area contributed by atoms with Crippen molar-refractivity contribution in [2.45, 2.75) is 20.5 Å². The van der Waals surface area contributed by atoms with Crippen LogP contribution in [-0.2, 0) is 11.4 Å². The number of aryl methyl sites for hydroxylation is 2. The van der Waals surface area contributed by atoms with Gasteiger partial charge < -0.3 is 19.3 Å². The van der Waals surface area contributed by atoms with Crippen molar-refractivity contribution in [3.05, 3.63) is 88.0 Å². The molecule has 2 aromatic heterocycles. The van der Waals surface area contributed by atoms with Gasteiger partial charge in [-0.3, -0.25) is 9.59 Å². The molecule has 158 valence electrons. The highest BCUT2D eigenvalue weighted by atomic mass is 16.5. The van der Waals surface area contributed by atoms with E-state index >= 15 is 0 Å². The first-order valence-corrected chi connectivity index (χ1v) is 9.69. The van der Waals surface area contributed by atoms with Crippen molar-refractivity contribution in [3.63, 3.8) is 0 Å². The summed E-state index contributed by atoms with van der Waals surface area (Å²) in [7, 11) is 0. The summed E-state index contributed by atoms with van der Waals surface area (Å²) in [5, 5.41) is 2.79. The summed E-state index contributed by atoms with van der Waals surface area (Å²) in [5.41, 5.74) is 2.06. The van der Waals surface area contributed by atoms with Gasteiger partial charge >= 0.3 is 0 Å². The fourth-order valence-corrected chi connectivity index (χ4v) is 3.00. The highest BCUT2D eigenvalue weighted by molar-refractivity contribution is 5.92. The SMILES string of the molecule is Cc1cc2nc(COc3cc(NC(=O)COc4ccccc4)ccc3C)cc(=O)n2o1. The lowest BCUT2D eigenvalue weighted by molar-refractivity contribution is -0.118. The Labute approximate surface area is 178 Å². The Morgan fingerprint density at radius 2 is 1.87 bits per heavy atom. The van der Waals surface area contributed by atoms with Gasteiger partial charge in [-0.25, -0.2) is 4.98 Å². The largest absolute Gasteiger partial charge is 0.487 e. The maximum Gasteiger partial charge on any atom is 0.287 e. The number of amides is 1. The van der Waals surface area contributed by atoms with Gasteiger partial charge in [0.1, 0.15) is 23.9 Å². The molecule has 0 atom stereocenters. The summed E-state index contributed by atoms with van der Waals surface area (Å²) >= 11 is 0. The molecule has 0 spiro atoms. The molecule has 8 heteroatoms. The van der Waals surface area contributed by atoms with E-state index in [1.54, 1.807) is 37.3 Å². The second-order valence-electron chi connectivity index (χ2n) is 7.00.